The Balaban J connectivity index is 1.51. The number of piperidine rings is 1. The second-order valence-electron chi connectivity index (χ2n) is 6.43. The standard InChI is InChI=1S/C19H21FN6O/c1-27-13-5-6-14(15(20)11-13)16-12-18(25-24-16)22-17-7-8-21-19(23-17)26-9-3-2-4-10-26/h5-8,11-12H,2-4,9-10H2,1H3,(H2,21,22,23,24,25). The highest BCUT2D eigenvalue weighted by Crippen LogP contribution is 2.27. The maximum atomic E-state index is 14.2. The Morgan fingerprint density at radius 3 is 2.74 bits per heavy atom. The minimum Gasteiger partial charge on any atom is -0.497 e. The zero-order valence-electron chi connectivity index (χ0n) is 15.1. The van der Waals surface area contributed by atoms with Crippen LogP contribution in [0.25, 0.3) is 11.3 Å². The predicted octanol–water partition coefficient (Wildman–Crippen LogP) is 3.75. The molecule has 0 radical (unpaired) electrons. The van der Waals surface area contributed by atoms with Crippen LogP contribution in [0.4, 0.5) is 22.0 Å². The van der Waals surface area contributed by atoms with E-state index in [0.29, 0.717) is 28.6 Å². The third kappa shape index (κ3) is 3.84. The Kier molecular flexibility index (Phi) is 4.86. The molecule has 3 heterocycles. The van der Waals surface area contributed by atoms with E-state index in [9.17, 15) is 4.39 Å². The maximum absolute atomic E-state index is 14.2. The van der Waals surface area contributed by atoms with Crippen molar-refractivity contribution in [2.75, 3.05) is 30.4 Å². The molecule has 140 valence electrons. The summed E-state index contributed by atoms with van der Waals surface area (Å²) in [5, 5.41) is 10.2. The van der Waals surface area contributed by atoms with Crippen LogP contribution in [0.1, 0.15) is 19.3 Å². The molecule has 0 saturated carbocycles. The van der Waals surface area contributed by atoms with Crippen LogP contribution >= 0.6 is 0 Å². The molecule has 0 aliphatic carbocycles. The molecular weight excluding hydrogens is 347 g/mol. The van der Waals surface area contributed by atoms with Crippen molar-refractivity contribution < 1.29 is 9.13 Å². The molecule has 4 rings (SSSR count). The number of hydrogen-bond donors (Lipinski definition) is 2. The fourth-order valence-corrected chi connectivity index (χ4v) is 3.16. The average Bonchev–Trinajstić information content (AvgIpc) is 3.17. The summed E-state index contributed by atoms with van der Waals surface area (Å²) in [4.78, 5) is 11.1. The minimum absolute atomic E-state index is 0.376. The molecule has 0 amide bonds. The van der Waals surface area contributed by atoms with Gasteiger partial charge in [-0.2, -0.15) is 10.1 Å². The van der Waals surface area contributed by atoms with Gasteiger partial charge in [0.05, 0.1) is 12.8 Å². The summed E-state index contributed by atoms with van der Waals surface area (Å²) in [6, 6.07) is 8.24. The van der Waals surface area contributed by atoms with Crippen LogP contribution in [0.3, 0.4) is 0 Å². The van der Waals surface area contributed by atoms with Gasteiger partial charge in [-0.05, 0) is 37.5 Å². The van der Waals surface area contributed by atoms with Gasteiger partial charge in [0.25, 0.3) is 0 Å². The van der Waals surface area contributed by atoms with E-state index in [1.165, 1.54) is 19.6 Å². The first kappa shape index (κ1) is 17.3. The number of halogens is 1. The number of aromatic nitrogens is 4. The van der Waals surface area contributed by atoms with Crippen LogP contribution in [0.2, 0.25) is 0 Å². The van der Waals surface area contributed by atoms with Gasteiger partial charge in [-0.15, -0.1) is 0 Å². The number of rotatable bonds is 5. The molecule has 27 heavy (non-hydrogen) atoms. The van der Waals surface area contributed by atoms with Crippen molar-refractivity contribution in [3.05, 3.63) is 42.3 Å². The molecule has 1 aliphatic rings. The Morgan fingerprint density at radius 1 is 1.11 bits per heavy atom. The number of hydrogen-bond acceptors (Lipinski definition) is 6. The van der Waals surface area contributed by atoms with Crippen LogP contribution < -0.4 is 15.0 Å². The van der Waals surface area contributed by atoms with Gasteiger partial charge in [-0.1, -0.05) is 0 Å². The summed E-state index contributed by atoms with van der Waals surface area (Å²) in [7, 11) is 1.51. The van der Waals surface area contributed by atoms with Crippen LogP contribution in [-0.4, -0.2) is 40.4 Å². The van der Waals surface area contributed by atoms with Crippen LogP contribution in [0.5, 0.6) is 5.75 Å². The second-order valence-corrected chi connectivity index (χ2v) is 6.43. The quantitative estimate of drug-likeness (QED) is 0.714. The zero-order valence-corrected chi connectivity index (χ0v) is 15.1. The van der Waals surface area contributed by atoms with Crippen molar-refractivity contribution >= 4 is 17.6 Å². The van der Waals surface area contributed by atoms with Gasteiger partial charge in [-0.25, -0.2) is 9.37 Å². The largest absolute Gasteiger partial charge is 0.497 e. The topological polar surface area (TPSA) is 79.0 Å². The lowest BCUT2D eigenvalue weighted by atomic mass is 10.1. The lowest BCUT2D eigenvalue weighted by molar-refractivity contribution is 0.411. The molecule has 2 aromatic heterocycles. The fourth-order valence-electron chi connectivity index (χ4n) is 3.16. The Morgan fingerprint density at radius 2 is 1.96 bits per heavy atom. The third-order valence-corrected chi connectivity index (χ3v) is 4.58. The Hall–Kier alpha value is -3.16. The zero-order chi connectivity index (χ0) is 18.6. The number of anilines is 3. The van der Waals surface area contributed by atoms with Crippen molar-refractivity contribution in [2.45, 2.75) is 19.3 Å². The SMILES string of the molecule is COc1ccc(-c2cc(Nc3ccnc(N4CCCCC4)n3)n[nH]2)c(F)c1. The first-order valence-corrected chi connectivity index (χ1v) is 8.97. The highest BCUT2D eigenvalue weighted by molar-refractivity contribution is 5.66. The van der Waals surface area contributed by atoms with Crippen LogP contribution in [0, 0.1) is 5.82 Å². The number of ether oxygens (including phenoxy) is 1. The van der Waals surface area contributed by atoms with Gasteiger partial charge in [0.15, 0.2) is 5.82 Å². The van der Waals surface area contributed by atoms with Crippen LogP contribution in [-0.2, 0) is 0 Å². The monoisotopic (exact) mass is 368 g/mol. The Labute approximate surface area is 156 Å². The molecule has 2 N–H and O–H groups in total. The predicted molar refractivity (Wildman–Crippen MR) is 102 cm³/mol. The molecule has 8 heteroatoms. The van der Waals surface area contributed by atoms with E-state index < -0.39 is 0 Å². The number of nitrogens with one attached hydrogen (secondary N) is 2. The first-order valence-electron chi connectivity index (χ1n) is 8.97. The van der Waals surface area contributed by atoms with E-state index in [4.69, 9.17) is 4.74 Å². The number of aromatic amines is 1. The summed E-state index contributed by atoms with van der Waals surface area (Å²) in [5.74, 6) is 2.03. The normalized spacial score (nSPS) is 14.2. The number of H-pyrrole nitrogens is 1. The molecular formula is C19H21FN6O. The first-order chi connectivity index (χ1) is 13.2. The molecule has 0 unspecified atom stereocenters. The number of nitrogens with zero attached hydrogens (tertiary/aromatic N) is 4. The second kappa shape index (κ2) is 7.61. The van der Waals surface area contributed by atoms with E-state index >= 15 is 0 Å². The molecule has 0 spiro atoms. The number of methoxy groups -OCH3 is 1. The van der Waals surface area contributed by atoms with Gasteiger partial charge >= 0.3 is 0 Å². The molecule has 0 bridgehead atoms. The minimum atomic E-state index is -0.376. The van der Waals surface area contributed by atoms with E-state index in [1.807, 2.05) is 0 Å². The summed E-state index contributed by atoms with van der Waals surface area (Å²) < 4.78 is 19.3. The van der Waals surface area contributed by atoms with Crippen molar-refractivity contribution in [1.82, 2.24) is 20.2 Å². The van der Waals surface area contributed by atoms with Gasteiger partial charge in [-0.3, -0.25) is 5.10 Å². The van der Waals surface area contributed by atoms with E-state index in [-0.39, 0.29) is 5.82 Å². The summed E-state index contributed by atoms with van der Waals surface area (Å²) >= 11 is 0. The summed E-state index contributed by atoms with van der Waals surface area (Å²) in [5.41, 5.74) is 0.996. The highest BCUT2D eigenvalue weighted by Gasteiger charge is 2.14. The highest BCUT2D eigenvalue weighted by atomic mass is 19.1. The smallest absolute Gasteiger partial charge is 0.227 e. The molecule has 1 fully saturated rings. The molecule has 3 aromatic rings. The van der Waals surface area contributed by atoms with Gasteiger partial charge in [0, 0.05) is 37.0 Å². The third-order valence-electron chi connectivity index (χ3n) is 4.58. The molecule has 0 atom stereocenters. The van der Waals surface area contributed by atoms with E-state index in [2.05, 4.69) is 30.4 Å². The van der Waals surface area contributed by atoms with E-state index in [0.717, 1.165) is 31.9 Å². The van der Waals surface area contributed by atoms with Gasteiger partial charge in [0.1, 0.15) is 17.4 Å². The fraction of sp³-hybridized carbons (Fsp3) is 0.316. The summed E-state index contributed by atoms with van der Waals surface area (Å²) in [6.45, 7) is 1.96. The molecule has 1 saturated heterocycles. The van der Waals surface area contributed by atoms with Gasteiger partial charge < -0.3 is 15.0 Å². The lowest BCUT2D eigenvalue weighted by Gasteiger charge is -2.26. The average molecular weight is 368 g/mol. The van der Waals surface area contributed by atoms with Crippen LogP contribution in [0.15, 0.2) is 36.5 Å². The maximum Gasteiger partial charge on any atom is 0.227 e. The van der Waals surface area contributed by atoms with E-state index in [1.54, 1.807) is 30.5 Å². The molecule has 1 aliphatic heterocycles. The van der Waals surface area contributed by atoms with Gasteiger partial charge in [0.2, 0.25) is 5.95 Å². The van der Waals surface area contributed by atoms with Crippen molar-refractivity contribution in [2.24, 2.45) is 0 Å². The van der Waals surface area contributed by atoms with Crippen molar-refractivity contribution in [1.29, 1.82) is 0 Å². The molecule has 1 aromatic carbocycles. The van der Waals surface area contributed by atoms with Crippen molar-refractivity contribution in [3.63, 3.8) is 0 Å². The number of benzene rings is 1. The molecule has 7 nitrogen and oxygen atoms in total. The summed E-state index contributed by atoms with van der Waals surface area (Å²) in [6.07, 6.45) is 5.32. The van der Waals surface area contributed by atoms with Crippen molar-refractivity contribution in [3.8, 4) is 17.0 Å². The lowest BCUT2D eigenvalue weighted by Crippen LogP contribution is -2.31. The Bertz CT molecular complexity index is 922.